The molecule has 0 spiro atoms. The molecule has 6 nitrogen and oxygen atoms in total. The fraction of sp³-hybridized carbons (Fsp3) is 0.381. The van der Waals surface area contributed by atoms with E-state index in [2.05, 4.69) is 21.2 Å². The average Bonchev–Trinajstić information content (AvgIpc) is 2.67. The second-order valence-electron chi connectivity index (χ2n) is 6.59. The number of halogens is 1. The molecule has 0 unspecified atom stereocenters. The molecular weight excluding hydrogens is 422 g/mol. The summed E-state index contributed by atoms with van der Waals surface area (Å²) in [6.45, 7) is 4.35. The predicted molar refractivity (Wildman–Crippen MR) is 116 cm³/mol. The lowest BCUT2D eigenvalue weighted by molar-refractivity contribution is 0.211. The van der Waals surface area contributed by atoms with Crippen molar-refractivity contribution >= 4 is 27.6 Å². The largest absolute Gasteiger partial charge is 0.497 e. The molecule has 0 saturated heterocycles. The van der Waals surface area contributed by atoms with E-state index in [9.17, 15) is 4.79 Å². The lowest BCUT2D eigenvalue weighted by Crippen LogP contribution is -2.34. The first-order valence-electron chi connectivity index (χ1n) is 9.19. The first-order valence-corrected chi connectivity index (χ1v) is 9.98. The minimum Gasteiger partial charge on any atom is -0.497 e. The molecule has 0 aromatic heterocycles. The number of ether oxygens (including phenoxy) is 2. The molecule has 28 heavy (non-hydrogen) atoms. The number of likely N-dealkylation sites (N-methyl/N-ethyl adjacent to an activating group) is 1. The zero-order valence-corrected chi connectivity index (χ0v) is 18.5. The number of amides is 2. The van der Waals surface area contributed by atoms with Gasteiger partial charge in [0, 0.05) is 24.1 Å². The fourth-order valence-corrected chi connectivity index (χ4v) is 2.91. The summed E-state index contributed by atoms with van der Waals surface area (Å²) in [4.78, 5) is 16.6. The van der Waals surface area contributed by atoms with Gasteiger partial charge in [0.05, 0.1) is 12.8 Å². The predicted octanol–water partition coefficient (Wildman–Crippen LogP) is 4.45. The first-order chi connectivity index (χ1) is 13.4. The van der Waals surface area contributed by atoms with Crippen LogP contribution in [-0.2, 0) is 6.54 Å². The third-order valence-corrected chi connectivity index (χ3v) is 4.65. The Morgan fingerprint density at radius 1 is 1.18 bits per heavy atom. The summed E-state index contributed by atoms with van der Waals surface area (Å²) in [6, 6.07) is 13.1. The van der Waals surface area contributed by atoms with E-state index in [0.29, 0.717) is 31.1 Å². The maximum absolute atomic E-state index is 12.8. The molecule has 0 bridgehead atoms. The monoisotopic (exact) mass is 449 g/mol. The van der Waals surface area contributed by atoms with Crippen molar-refractivity contribution in [1.29, 1.82) is 0 Å². The Bertz CT molecular complexity index is 783. The molecule has 0 radical (unpaired) electrons. The second-order valence-corrected chi connectivity index (χ2v) is 7.50. The van der Waals surface area contributed by atoms with E-state index in [1.807, 2.05) is 68.4 Å². The average molecular weight is 450 g/mol. The Morgan fingerprint density at radius 2 is 1.96 bits per heavy atom. The van der Waals surface area contributed by atoms with Gasteiger partial charge >= 0.3 is 6.03 Å². The van der Waals surface area contributed by atoms with Crippen LogP contribution in [0.15, 0.2) is 46.9 Å². The van der Waals surface area contributed by atoms with Crippen LogP contribution in [0.4, 0.5) is 10.5 Å². The van der Waals surface area contributed by atoms with E-state index in [0.717, 1.165) is 22.3 Å². The van der Waals surface area contributed by atoms with Crippen molar-refractivity contribution in [2.75, 3.05) is 46.2 Å². The van der Waals surface area contributed by atoms with Gasteiger partial charge in [0.1, 0.15) is 18.1 Å². The summed E-state index contributed by atoms with van der Waals surface area (Å²) in [5.74, 6) is 1.42. The molecule has 0 atom stereocenters. The molecule has 2 aromatic carbocycles. The minimum absolute atomic E-state index is 0.176. The molecule has 2 aromatic rings. The van der Waals surface area contributed by atoms with Gasteiger partial charge in [0.2, 0.25) is 0 Å². The SMILES string of the molecule is CCN(Cc1cccc(OC)c1)C(=O)Nc1ccc(Br)cc1OCCN(C)C. The first kappa shape index (κ1) is 22.0. The van der Waals surface area contributed by atoms with E-state index < -0.39 is 0 Å². The van der Waals surface area contributed by atoms with Crippen LogP contribution in [0, 0.1) is 0 Å². The maximum Gasteiger partial charge on any atom is 0.322 e. The summed E-state index contributed by atoms with van der Waals surface area (Å²) in [5, 5.41) is 2.97. The number of carbonyl (C=O) groups is 1. The van der Waals surface area contributed by atoms with E-state index in [1.165, 1.54) is 0 Å². The highest BCUT2D eigenvalue weighted by Crippen LogP contribution is 2.29. The van der Waals surface area contributed by atoms with Crippen LogP contribution in [0.1, 0.15) is 12.5 Å². The van der Waals surface area contributed by atoms with Crippen molar-refractivity contribution < 1.29 is 14.3 Å². The van der Waals surface area contributed by atoms with E-state index in [4.69, 9.17) is 9.47 Å². The molecule has 0 aliphatic carbocycles. The number of urea groups is 1. The molecule has 7 heteroatoms. The summed E-state index contributed by atoms with van der Waals surface area (Å²) in [7, 11) is 5.62. The van der Waals surface area contributed by atoms with Gasteiger partial charge in [-0.25, -0.2) is 4.79 Å². The highest BCUT2D eigenvalue weighted by molar-refractivity contribution is 9.10. The van der Waals surface area contributed by atoms with Crippen molar-refractivity contribution in [2.24, 2.45) is 0 Å². The number of hydrogen-bond donors (Lipinski definition) is 1. The van der Waals surface area contributed by atoms with Crippen molar-refractivity contribution in [3.05, 3.63) is 52.5 Å². The smallest absolute Gasteiger partial charge is 0.322 e. The zero-order valence-electron chi connectivity index (χ0n) is 16.9. The summed E-state index contributed by atoms with van der Waals surface area (Å²) >= 11 is 3.46. The molecule has 0 aliphatic rings. The summed E-state index contributed by atoms with van der Waals surface area (Å²) in [5.41, 5.74) is 1.66. The Kier molecular flexibility index (Phi) is 8.60. The number of methoxy groups -OCH3 is 1. The second kappa shape index (κ2) is 10.9. The van der Waals surface area contributed by atoms with Crippen LogP contribution >= 0.6 is 15.9 Å². The minimum atomic E-state index is -0.176. The third kappa shape index (κ3) is 6.73. The van der Waals surface area contributed by atoms with Crippen molar-refractivity contribution in [1.82, 2.24) is 9.80 Å². The van der Waals surface area contributed by atoms with Gasteiger partial charge in [0.25, 0.3) is 0 Å². The molecule has 152 valence electrons. The van der Waals surface area contributed by atoms with Crippen LogP contribution in [-0.4, -0.2) is 56.7 Å². The van der Waals surface area contributed by atoms with Gasteiger partial charge in [-0.2, -0.15) is 0 Å². The van der Waals surface area contributed by atoms with Gasteiger partial charge in [-0.1, -0.05) is 28.1 Å². The number of nitrogens with one attached hydrogen (secondary N) is 1. The van der Waals surface area contributed by atoms with Gasteiger partial charge < -0.3 is 24.6 Å². The zero-order chi connectivity index (χ0) is 20.5. The Balaban J connectivity index is 2.08. The highest BCUT2D eigenvalue weighted by Gasteiger charge is 2.15. The third-order valence-electron chi connectivity index (χ3n) is 4.16. The Morgan fingerprint density at radius 3 is 2.64 bits per heavy atom. The van der Waals surface area contributed by atoms with Crippen molar-refractivity contribution in [3.8, 4) is 11.5 Å². The molecule has 0 aliphatic heterocycles. The van der Waals surface area contributed by atoms with E-state index in [1.54, 1.807) is 12.0 Å². The number of rotatable bonds is 9. The van der Waals surface area contributed by atoms with Crippen LogP contribution in [0.25, 0.3) is 0 Å². The number of carbonyl (C=O) groups excluding carboxylic acids is 1. The normalized spacial score (nSPS) is 10.6. The molecular formula is C21H28BrN3O3. The molecule has 2 amide bonds. The van der Waals surface area contributed by atoms with E-state index >= 15 is 0 Å². The van der Waals surface area contributed by atoms with Gasteiger partial charge in [-0.15, -0.1) is 0 Å². The standard InChI is InChI=1S/C21H28BrN3O3/c1-5-25(15-16-7-6-8-18(13-16)27-4)21(26)23-19-10-9-17(22)14-20(19)28-12-11-24(2)3/h6-10,13-14H,5,11-12,15H2,1-4H3,(H,23,26). The summed E-state index contributed by atoms with van der Waals surface area (Å²) < 4.78 is 12.0. The Hall–Kier alpha value is -2.25. The van der Waals surface area contributed by atoms with Crippen LogP contribution in [0.3, 0.4) is 0 Å². The maximum atomic E-state index is 12.8. The number of benzene rings is 2. The number of nitrogens with zero attached hydrogens (tertiary/aromatic N) is 2. The Labute approximate surface area is 175 Å². The van der Waals surface area contributed by atoms with E-state index in [-0.39, 0.29) is 6.03 Å². The van der Waals surface area contributed by atoms with Gasteiger partial charge in [-0.05, 0) is 56.9 Å². The van der Waals surface area contributed by atoms with Crippen molar-refractivity contribution in [3.63, 3.8) is 0 Å². The molecule has 0 saturated carbocycles. The van der Waals surface area contributed by atoms with Crippen LogP contribution < -0.4 is 14.8 Å². The van der Waals surface area contributed by atoms with Crippen molar-refractivity contribution in [2.45, 2.75) is 13.5 Å². The van der Waals surface area contributed by atoms with Crippen LogP contribution in [0.2, 0.25) is 0 Å². The fourth-order valence-electron chi connectivity index (χ4n) is 2.57. The van der Waals surface area contributed by atoms with Gasteiger partial charge in [0.15, 0.2) is 0 Å². The topological polar surface area (TPSA) is 54.0 Å². The molecule has 0 fully saturated rings. The summed E-state index contributed by atoms with van der Waals surface area (Å²) in [6.07, 6.45) is 0. The van der Waals surface area contributed by atoms with Crippen LogP contribution in [0.5, 0.6) is 11.5 Å². The van der Waals surface area contributed by atoms with Gasteiger partial charge in [-0.3, -0.25) is 0 Å². The molecule has 1 N–H and O–H groups in total. The highest BCUT2D eigenvalue weighted by atomic mass is 79.9. The lowest BCUT2D eigenvalue weighted by atomic mass is 10.2. The number of hydrogen-bond acceptors (Lipinski definition) is 4. The lowest BCUT2D eigenvalue weighted by Gasteiger charge is -2.23. The quantitative estimate of drug-likeness (QED) is 0.614. The molecule has 0 heterocycles. The molecule has 2 rings (SSSR count). The number of anilines is 1.